The smallest absolute Gasteiger partial charge is 0.220 e. The van der Waals surface area contributed by atoms with Crippen molar-refractivity contribution in [2.24, 2.45) is 0 Å². The van der Waals surface area contributed by atoms with Crippen LogP contribution in [0.25, 0.3) is 5.69 Å². The van der Waals surface area contributed by atoms with Crippen molar-refractivity contribution in [3.8, 4) is 5.69 Å². The number of thioether (sulfide) groups is 1. The molecule has 3 aromatic rings. The average molecular weight is 435 g/mol. The molecule has 1 amide bonds. The van der Waals surface area contributed by atoms with Crippen LogP contribution in [-0.2, 0) is 10.5 Å². The fourth-order valence-electron chi connectivity index (χ4n) is 2.67. The molecule has 1 heterocycles. The fourth-order valence-corrected chi connectivity index (χ4v) is 3.95. The summed E-state index contributed by atoms with van der Waals surface area (Å²) in [7, 11) is 0. The SMILES string of the molecule is CCC(=O)NC(C)c1nnc(SCc2ccccc2)n1-c1cc(Cl)ccc1Cl. The first-order valence-electron chi connectivity index (χ1n) is 8.86. The molecule has 1 unspecified atom stereocenters. The lowest BCUT2D eigenvalue weighted by Crippen LogP contribution is -2.27. The van der Waals surface area contributed by atoms with Crippen molar-refractivity contribution in [1.29, 1.82) is 0 Å². The van der Waals surface area contributed by atoms with Gasteiger partial charge in [0.1, 0.15) is 0 Å². The second-order valence-corrected chi connectivity index (χ2v) is 7.98. The quantitative estimate of drug-likeness (QED) is 0.501. The lowest BCUT2D eigenvalue weighted by Gasteiger charge is -2.17. The van der Waals surface area contributed by atoms with Gasteiger partial charge in [-0.15, -0.1) is 10.2 Å². The van der Waals surface area contributed by atoms with Crippen LogP contribution in [-0.4, -0.2) is 20.7 Å². The summed E-state index contributed by atoms with van der Waals surface area (Å²) in [6, 6.07) is 15.0. The Kier molecular flexibility index (Phi) is 6.99. The Morgan fingerprint density at radius 1 is 1.18 bits per heavy atom. The summed E-state index contributed by atoms with van der Waals surface area (Å²) in [6.45, 7) is 3.68. The lowest BCUT2D eigenvalue weighted by atomic mass is 10.2. The van der Waals surface area contributed by atoms with Crippen LogP contribution in [0.5, 0.6) is 0 Å². The number of amides is 1. The molecule has 146 valence electrons. The van der Waals surface area contributed by atoms with Gasteiger partial charge in [-0.2, -0.15) is 0 Å². The molecule has 1 aromatic heterocycles. The van der Waals surface area contributed by atoms with E-state index in [0.29, 0.717) is 33.1 Å². The van der Waals surface area contributed by atoms with E-state index in [1.807, 2.05) is 36.6 Å². The highest BCUT2D eigenvalue weighted by Crippen LogP contribution is 2.32. The van der Waals surface area contributed by atoms with Crippen LogP contribution in [0.15, 0.2) is 53.7 Å². The topological polar surface area (TPSA) is 59.8 Å². The second-order valence-electron chi connectivity index (χ2n) is 6.19. The van der Waals surface area contributed by atoms with Crippen molar-refractivity contribution in [2.45, 2.75) is 37.2 Å². The van der Waals surface area contributed by atoms with Gasteiger partial charge in [-0.3, -0.25) is 9.36 Å². The van der Waals surface area contributed by atoms with E-state index in [1.165, 1.54) is 5.56 Å². The van der Waals surface area contributed by atoms with Crippen molar-refractivity contribution in [1.82, 2.24) is 20.1 Å². The average Bonchev–Trinajstić information content (AvgIpc) is 3.12. The zero-order chi connectivity index (χ0) is 20.1. The van der Waals surface area contributed by atoms with Gasteiger partial charge in [-0.1, -0.05) is 72.2 Å². The number of hydrogen-bond donors (Lipinski definition) is 1. The molecule has 0 fully saturated rings. The van der Waals surface area contributed by atoms with E-state index in [2.05, 4.69) is 27.6 Å². The predicted molar refractivity (Wildman–Crippen MR) is 114 cm³/mol. The van der Waals surface area contributed by atoms with Gasteiger partial charge in [-0.25, -0.2) is 0 Å². The van der Waals surface area contributed by atoms with E-state index >= 15 is 0 Å². The number of nitrogens with one attached hydrogen (secondary N) is 1. The fraction of sp³-hybridized carbons (Fsp3) is 0.250. The largest absolute Gasteiger partial charge is 0.346 e. The van der Waals surface area contributed by atoms with E-state index in [-0.39, 0.29) is 11.9 Å². The number of nitrogens with zero attached hydrogens (tertiary/aromatic N) is 3. The molecule has 0 aliphatic carbocycles. The van der Waals surface area contributed by atoms with Gasteiger partial charge in [0.05, 0.1) is 16.8 Å². The summed E-state index contributed by atoms with van der Waals surface area (Å²) in [5, 5.41) is 13.4. The van der Waals surface area contributed by atoms with E-state index in [9.17, 15) is 4.79 Å². The van der Waals surface area contributed by atoms with Gasteiger partial charge >= 0.3 is 0 Å². The summed E-state index contributed by atoms with van der Waals surface area (Å²) in [5.41, 5.74) is 1.86. The molecule has 28 heavy (non-hydrogen) atoms. The van der Waals surface area contributed by atoms with Crippen molar-refractivity contribution in [3.63, 3.8) is 0 Å². The first-order chi connectivity index (χ1) is 13.5. The number of halogens is 2. The molecule has 0 bridgehead atoms. The summed E-state index contributed by atoms with van der Waals surface area (Å²) >= 11 is 14.2. The molecule has 0 radical (unpaired) electrons. The van der Waals surface area contributed by atoms with Crippen LogP contribution >= 0.6 is 35.0 Å². The summed E-state index contributed by atoms with van der Waals surface area (Å²) in [4.78, 5) is 11.9. The first kappa shape index (κ1) is 20.7. The third kappa shape index (κ3) is 4.87. The number of hydrogen-bond acceptors (Lipinski definition) is 4. The summed E-state index contributed by atoms with van der Waals surface area (Å²) in [5.74, 6) is 1.27. The van der Waals surface area contributed by atoms with Gasteiger partial charge in [-0.05, 0) is 30.7 Å². The molecule has 0 aliphatic rings. The molecule has 2 aromatic carbocycles. The van der Waals surface area contributed by atoms with Crippen LogP contribution in [0.2, 0.25) is 10.0 Å². The van der Waals surface area contributed by atoms with E-state index in [1.54, 1.807) is 30.0 Å². The van der Waals surface area contributed by atoms with Gasteiger partial charge in [0.15, 0.2) is 11.0 Å². The third-order valence-corrected chi connectivity index (χ3v) is 5.66. The molecular formula is C20H20Cl2N4OS. The van der Waals surface area contributed by atoms with Gasteiger partial charge in [0.2, 0.25) is 5.91 Å². The van der Waals surface area contributed by atoms with E-state index in [4.69, 9.17) is 23.2 Å². The maximum atomic E-state index is 11.9. The van der Waals surface area contributed by atoms with Gasteiger partial charge in [0.25, 0.3) is 0 Å². The van der Waals surface area contributed by atoms with Crippen LogP contribution in [0, 0.1) is 0 Å². The Morgan fingerprint density at radius 3 is 2.64 bits per heavy atom. The molecule has 0 saturated carbocycles. The summed E-state index contributed by atoms with van der Waals surface area (Å²) < 4.78 is 1.86. The Labute approximate surface area is 178 Å². The van der Waals surface area contributed by atoms with Crippen molar-refractivity contribution >= 4 is 40.9 Å². The second kappa shape index (κ2) is 9.45. The highest BCUT2D eigenvalue weighted by atomic mass is 35.5. The lowest BCUT2D eigenvalue weighted by molar-refractivity contribution is -0.121. The minimum Gasteiger partial charge on any atom is -0.346 e. The number of carbonyl (C=O) groups is 1. The predicted octanol–water partition coefficient (Wildman–Crippen LogP) is 5.45. The molecule has 0 aliphatic heterocycles. The zero-order valence-electron chi connectivity index (χ0n) is 15.5. The molecule has 8 heteroatoms. The molecule has 0 spiro atoms. The van der Waals surface area contributed by atoms with Crippen LogP contribution in [0.1, 0.15) is 37.7 Å². The van der Waals surface area contributed by atoms with E-state index < -0.39 is 0 Å². The van der Waals surface area contributed by atoms with E-state index in [0.717, 1.165) is 5.75 Å². The monoisotopic (exact) mass is 434 g/mol. The number of aromatic nitrogens is 3. The van der Waals surface area contributed by atoms with Crippen molar-refractivity contribution < 1.29 is 4.79 Å². The number of carbonyl (C=O) groups excluding carboxylic acids is 1. The first-order valence-corrected chi connectivity index (χ1v) is 10.6. The Morgan fingerprint density at radius 2 is 1.93 bits per heavy atom. The molecule has 0 saturated heterocycles. The Balaban J connectivity index is 1.99. The van der Waals surface area contributed by atoms with Crippen LogP contribution in [0.4, 0.5) is 0 Å². The van der Waals surface area contributed by atoms with Crippen molar-refractivity contribution in [2.75, 3.05) is 0 Å². The van der Waals surface area contributed by atoms with Gasteiger partial charge in [0, 0.05) is 17.2 Å². The zero-order valence-corrected chi connectivity index (χ0v) is 17.9. The van der Waals surface area contributed by atoms with Crippen LogP contribution in [0.3, 0.4) is 0 Å². The van der Waals surface area contributed by atoms with Crippen molar-refractivity contribution in [3.05, 3.63) is 70.0 Å². The molecule has 3 rings (SSSR count). The highest BCUT2D eigenvalue weighted by Gasteiger charge is 2.22. The number of benzene rings is 2. The molecule has 1 N–H and O–H groups in total. The highest BCUT2D eigenvalue weighted by molar-refractivity contribution is 7.98. The Bertz CT molecular complexity index is 962. The molecule has 1 atom stereocenters. The molecular weight excluding hydrogens is 415 g/mol. The van der Waals surface area contributed by atoms with Crippen LogP contribution < -0.4 is 5.32 Å². The minimum atomic E-state index is -0.332. The maximum absolute atomic E-state index is 11.9. The van der Waals surface area contributed by atoms with Gasteiger partial charge < -0.3 is 5.32 Å². The summed E-state index contributed by atoms with van der Waals surface area (Å²) in [6.07, 6.45) is 0.395. The maximum Gasteiger partial charge on any atom is 0.220 e. The number of rotatable bonds is 7. The molecule has 5 nitrogen and oxygen atoms in total. The minimum absolute atomic E-state index is 0.0577. The third-order valence-electron chi connectivity index (χ3n) is 4.10. The standard InChI is InChI=1S/C20H20Cl2N4OS/c1-3-18(27)23-13(2)19-24-25-20(28-12-14-7-5-4-6-8-14)26(19)17-11-15(21)9-10-16(17)22/h4-11,13H,3,12H2,1-2H3,(H,23,27). The Hall–Kier alpha value is -2.02. The normalized spacial score (nSPS) is 12.0.